The van der Waals surface area contributed by atoms with Crippen molar-refractivity contribution in [3.05, 3.63) is 36.0 Å². The minimum atomic E-state index is 1.16. The van der Waals surface area contributed by atoms with E-state index in [4.69, 9.17) is 0 Å². The van der Waals surface area contributed by atoms with Crippen LogP contribution in [0.4, 0.5) is 0 Å². The smallest absolute Gasteiger partial charge is 0.0512 e. The fourth-order valence-corrected chi connectivity index (χ4v) is 2.42. The number of nitrogens with zero attached hydrogens (tertiary/aromatic N) is 1. The number of para-hydroxylation sites is 1. The zero-order valence-electron chi connectivity index (χ0n) is 11.1. The van der Waals surface area contributed by atoms with Crippen molar-refractivity contribution in [3.8, 4) is 0 Å². The second kappa shape index (κ2) is 5.90. The Bertz CT molecular complexity index is 467. The van der Waals surface area contributed by atoms with Gasteiger partial charge in [0.2, 0.25) is 0 Å². The van der Waals surface area contributed by atoms with Crippen LogP contribution in [-0.4, -0.2) is 4.57 Å². The molecule has 2 aromatic rings. The molecule has 0 amide bonds. The molecule has 0 unspecified atom stereocenters. The Morgan fingerprint density at radius 1 is 1.00 bits per heavy atom. The molecule has 0 saturated carbocycles. The van der Waals surface area contributed by atoms with Crippen LogP contribution in [0.25, 0.3) is 10.9 Å². The summed E-state index contributed by atoms with van der Waals surface area (Å²) in [6, 6.07) is 8.96. The van der Waals surface area contributed by atoms with Crippen LogP contribution < -0.4 is 0 Å². The van der Waals surface area contributed by atoms with Gasteiger partial charge in [0.1, 0.15) is 0 Å². The van der Waals surface area contributed by atoms with Gasteiger partial charge in [-0.05, 0) is 36.3 Å². The first-order chi connectivity index (χ1) is 8.36. The molecular weight excluding hydrogens is 206 g/mol. The third-order valence-electron chi connectivity index (χ3n) is 3.42. The van der Waals surface area contributed by atoms with Crippen LogP contribution in [0.15, 0.2) is 30.5 Å². The van der Waals surface area contributed by atoms with Gasteiger partial charge in [0.25, 0.3) is 0 Å². The van der Waals surface area contributed by atoms with Gasteiger partial charge in [0.05, 0.1) is 5.52 Å². The Morgan fingerprint density at radius 3 is 2.59 bits per heavy atom. The molecule has 2 rings (SSSR count). The van der Waals surface area contributed by atoms with E-state index >= 15 is 0 Å². The molecule has 0 aliphatic carbocycles. The molecule has 0 radical (unpaired) electrons. The van der Waals surface area contributed by atoms with Crippen molar-refractivity contribution < 1.29 is 0 Å². The van der Waals surface area contributed by atoms with Gasteiger partial charge in [-0.2, -0.15) is 0 Å². The molecule has 1 aromatic carbocycles. The highest BCUT2D eigenvalue weighted by Crippen LogP contribution is 2.22. The topological polar surface area (TPSA) is 4.93 Å². The lowest BCUT2D eigenvalue weighted by Crippen LogP contribution is -1.98. The van der Waals surface area contributed by atoms with Crippen LogP contribution >= 0.6 is 0 Å². The molecule has 0 bridgehead atoms. The van der Waals surface area contributed by atoms with Crippen molar-refractivity contribution >= 4 is 10.9 Å². The van der Waals surface area contributed by atoms with E-state index in [1.54, 1.807) is 0 Å². The molecule has 0 saturated heterocycles. The van der Waals surface area contributed by atoms with Crippen LogP contribution in [0.3, 0.4) is 0 Å². The maximum absolute atomic E-state index is 2.43. The minimum absolute atomic E-state index is 1.16. The van der Waals surface area contributed by atoms with Crippen molar-refractivity contribution in [2.45, 2.75) is 52.5 Å². The van der Waals surface area contributed by atoms with Crippen LogP contribution in [0.5, 0.6) is 0 Å². The van der Waals surface area contributed by atoms with E-state index in [1.807, 2.05) is 0 Å². The van der Waals surface area contributed by atoms with E-state index in [9.17, 15) is 0 Å². The normalized spacial score (nSPS) is 11.2. The van der Waals surface area contributed by atoms with E-state index in [1.165, 1.54) is 48.6 Å². The standard InChI is InChI=1S/C16H23N/c1-3-5-8-14-9-7-10-15-11-13-17(16(14)15)12-6-4-2/h7,9-11,13H,3-6,8,12H2,1-2H3. The highest BCUT2D eigenvalue weighted by Gasteiger charge is 2.05. The number of hydrogen-bond acceptors (Lipinski definition) is 0. The van der Waals surface area contributed by atoms with Gasteiger partial charge >= 0.3 is 0 Å². The van der Waals surface area contributed by atoms with Crippen LogP contribution in [0.2, 0.25) is 0 Å². The molecule has 92 valence electrons. The minimum Gasteiger partial charge on any atom is -0.347 e. The predicted octanol–water partition coefficient (Wildman–Crippen LogP) is 4.78. The Balaban J connectivity index is 2.33. The SMILES string of the molecule is CCCCc1cccc2ccn(CCCC)c12. The first-order valence-electron chi connectivity index (χ1n) is 6.93. The summed E-state index contributed by atoms with van der Waals surface area (Å²) >= 11 is 0. The Kier molecular flexibility index (Phi) is 4.24. The molecule has 0 N–H and O–H groups in total. The molecule has 1 nitrogen and oxygen atoms in total. The van der Waals surface area contributed by atoms with Gasteiger partial charge in [-0.15, -0.1) is 0 Å². The number of hydrogen-bond donors (Lipinski definition) is 0. The Hall–Kier alpha value is -1.24. The lowest BCUT2D eigenvalue weighted by Gasteiger charge is -2.09. The monoisotopic (exact) mass is 229 g/mol. The lowest BCUT2D eigenvalue weighted by atomic mass is 10.1. The average molecular weight is 229 g/mol. The van der Waals surface area contributed by atoms with Crippen molar-refractivity contribution in [2.75, 3.05) is 0 Å². The molecule has 1 heterocycles. The van der Waals surface area contributed by atoms with Crippen LogP contribution in [0.1, 0.15) is 45.1 Å². The van der Waals surface area contributed by atoms with Crippen molar-refractivity contribution in [1.29, 1.82) is 0 Å². The second-order valence-corrected chi connectivity index (χ2v) is 4.82. The largest absolute Gasteiger partial charge is 0.347 e. The maximum Gasteiger partial charge on any atom is 0.0512 e. The highest BCUT2D eigenvalue weighted by molar-refractivity contribution is 5.83. The number of aromatic nitrogens is 1. The van der Waals surface area contributed by atoms with E-state index in [0.29, 0.717) is 0 Å². The molecule has 1 aromatic heterocycles. The average Bonchev–Trinajstić information content (AvgIpc) is 2.77. The Labute approximate surface area is 104 Å². The number of benzene rings is 1. The number of fused-ring (bicyclic) bond motifs is 1. The summed E-state index contributed by atoms with van der Waals surface area (Å²) in [6.45, 7) is 5.67. The molecule has 0 atom stereocenters. The summed E-state index contributed by atoms with van der Waals surface area (Å²) < 4.78 is 2.43. The van der Waals surface area contributed by atoms with Gasteiger partial charge in [0, 0.05) is 12.7 Å². The summed E-state index contributed by atoms with van der Waals surface area (Å²) in [5, 5.41) is 1.40. The fourth-order valence-electron chi connectivity index (χ4n) is 2.42. The molecule has 0 fully saturated rings. The summed E-state index contributed by atoms with van der Waals surface area (Å²) in [7, 11) is 0. The molecule has 17 heavy (non-hydrogen) atoms. The quantitative estimate of drug-likeness (QED) is 0.671. The molecule has 1 heteroatoms. The molecule has 0 aliphatic heterocycles. The lowest BCUT2D eigenvalue weighted by molar-refractivity contribution is 0.647. The van der Waals surface area contributed by atoms with Gasteiger partial charge in [0.15, 0.2) is 0 Å². The maximum atomic E-state index is 2.43. The zero-order chi connectivity index (χ0) is 12.1. The van der Waals surface area contributed by atoms with Gasteiger partial charge < -0.3 is 4.57 Å². The summed E-state index contributed by atoms with van der Waals surface area (Å²) in [4.78, 5) is 0. The first-order valence-corrected chi connectivity index (χ1v) is 6.93. The third kappa shape index (κ3) is 2.71. The number of unbranched alkanes of at least 4 members (excludes halogenated alkanes) is 2. The summed E-state index contributed by atoms with van der Waals surface area (Å²) in [5.41, 5.74) is 2.99. The first kappa shape index (κ1) is 12.2. The number of rotatable bonds is 6. The molecule has 0 aliphatic rings. The second-order valence-electron chi connectivity index (χ2n) is 4.82. The third-order valence-corrected chi connectivity index (χ3v) is 3.42. The summed E-state index contributed by atoms with van der Waals surface area (Å²) in [5.74, 6) is 0. The predicted molar refractivity (Wildman–Crippen MR) is 75.5 cm³/mol. The van der Waals surface area contributed by atoms with E-state index in [0.717, 1.165) is 6.54 Å². The zero-order valence-corrected chi connectivity index (χ0v) is 11.1. The molecular formula is C16H23N. The van der Waals surface area contributed by atoms with E-state index in [2.05, 4.69) is 48.9 Å². The highest BCUT2D eigenvalue weighted by atomic mass is 14.9. The molecule has 0 spiro atoms. The van der Waals surface area contributed by atoms with Gasteiger partial charge in [-0.1, -0.05) is 44.9 Å². The van der Waals surface area contributed by atoms with Crippen molar-refractivity contribution in [2.24, 2.45) is 0 Å². The Morgan fingerprint density at radius 2 is 1.82 bits per heavy atom. The van der Waals surface area contributed by atoms with Gasteiger partial charge in [-0.3, -0.25) is 0 Å². The fraction of sp³-hybridized carbons (Fsp3) is 0.500. The van der Waals surface area contributed by atoms with Crippen molar-refractivity contribution in [1.82, 2.24) is 4.57 Å². The number of aryl methyl sites for hydroxylation is 2. The van der Waals surface area contributed by atoms with Crippen molar-refractivity contribution in [3.63, 3.8) is 0 Å². The van der Waals surface area contributed by atoms with E-state index < -0.39 is 0 Å². The summed E-state index contributed by atoms with van der Waals surface area (Å²) in [6.07, 6.45) is 8.55. The van der Waals surface area contributed by atoms with Crippen LogP contribution in [-0.2, 0) is 13.0 Å². The van der Waals surface area contributed by atoms with E-state index in [-0.39, 0.29) is 0 Å². The van der Waals surface area contributed by atoms with Gasteiger partial charge in [-0.25, -0.2) is 0 Å². The van der Waals surface area contributed by atoms with Crippen LogP contribution in [0, 0.1) is 0 Å².